The number of fused-ring (bicyclic) bond motifs is 3. The zero-order valence-electron chi connectivity index (χ0n) is 23.4. The molecule has 3 aromatic carbocycles. The Hall–Kier alpha value is -3.50. The van der Waals surface area contributed by atoms with Gasteiger partial charge in [-0.3, -0.25) is 9.59 Å². The van der Waals surface area contributed by atoms with Crippen molar-refractivity contribution in [2.24, 2.45) is 5.41 Å². The van der Waals surface area contributed by atoms with Crippen LogP contribution in [0.3, 0.4) is 0 Å². The molecule has 0 aliphatic carbocycles. The van der Waals surface area contributed by atoms with Gasteiger partial charge in [-0.15, -0.1) is 11.3 Å². The summed E-state index contributed by atoms with van der Waals surface area (Å²) in [5.41, 5.74) is 0.0982. The van der Waals surface area contributed by atoms with Crippen LogP contribution in [0.1, 0.15) is 53.9 Å². The van der Waals surface area contributed by atoms with E-state index in [1.165, 1.54) is 6.07 Å². The summed E-state index contributed by atoms with van der Waals surface area (Å²) in [7, 11) is 0. The van der Waals surface area contributed by atoms with Crippen molar-refractivity contribution < 1.29 is 23.9 Å². The van der Waals surface area contributed by atoms with Crippen molar-refractivity contribution in [2.45, 2.75) is 50.6 Å². The van der Waals surface area contributed by atoms with Gasteiger partial charge >= 0.3 is 5.97 Å². The minimum absolute atomic E-state index is 0.113. The molecule has 1 aromatic heterocycles. The van der Waals surface area contributed by atoms with Crippen LogP contribution in [-0.2, 0) is 15.0 Å². The van der Waals surface area contributed by atoms with E-state index in [9.17, 15) is 19.5 Å². The van der Waals surface area contributed by atoms with E-state index >= 15 is 4.39 Å². The van der Waals surface area contributed by atoms with Gasteiger partial charge in [-0.05, 0) is 70.8 Å². The number of halogens is 3. The smallest absolute Gasteiger partial charge is 0.345 e. The zero-order valence-corrected chi connectivity index (χ0v) is 25.8. The summed E-state index contributed by atoms with van der Waals surface area (Å²) >= 11 is 13.7. The first-order valence-electron chi connectivity index (χ1n) is 13.7. The minimum atomic E-state index is -1.37. The van der Waals surface area contributed by atoms with Crippen LogP contribution in [0.4, 0.5) is 15.8 Å². The fourth-order valence-electron chi connectivity index (χ4n) is 6.60. The van der Waals surface area contributed by atoms with E-state index in [4.69, 9.17) is 23.2 Å². The Morgan fingerprint density at radius 2 is 1.86 bits per heavy atom. The molecular weight excluding hydrogens is 612 g/mol. The highest BCUT2D eigenvalue weighted by molar-refractivity contribution is 7.20. The molecule has 0 radical (unpaired) electrons. The maximum Gasteiger partial charge on any atom is 0.345 e. The van der Waals surface area contributed by atoms with E-state index < -0.39 is 41.1 Å². The third-order valence-corrected chi connectivity index (χ3v) is 9.85. The van der Waals surface area contributed by atoms with E-state index in [1.807, 2.05) is 20.8 Å². The third-order valence-electron chi connectivity index (χ3n) is 8.22. The van der Waals surface area contributed by atoms with E-state index in [-0.39, 0.29) is 26.8 Å². The quantitative estimate of drug-likeness (QED) is 0.182. The van der Waals surface area contributed by atoms with Gasteiger partial charge in [-0.2, -0.15) is 0 Å². The average molecular weight is 641 g/mol. The second-order valence-electron chi connectivity index (χ2n) is 12.3. The number of amides is 2. The molecule has 2 aliphatic heterocycles. The van der Waals surface area contributed by atoms with Crippen molar-refractivity contribution in [1.29, 1.82) is 0 Å². The summed E-state index contributed by atoms with van der Waals surface area (Å²) in [5.74, 6) is -3.53. The van der Waals surface area contributed by atoms with E-state index in [0.29, 0.717) is 33.8 Å². The Morgan fingerprint density at radius 3 is 2.58 bits per heavy atom. The van der Waals surface area contributed by atoms with Crippen LogP contribution in [0.2, 0.25) is 10.0 Å². The van der Waals surface area contributed by atoms with Crippen LogP contribution < -0.4 is 16.0 Å². The maximum atomic E-state index is 15.9. The van der Waals surface area contributed by atoms with Crippen LogP contribution in [0.5, 0.6) is 0 Å². The Balaban J connectivity index is 1.50. The summed E-state index contributed by atoms with van der Waals surface area (Å²) in [6, 6.07) is 14.8. The largest absolute Gasteiger partial charge is 0.477 e. The average Bonchev–Trinajstić information content (AvgIpc) is 3.57. The van der Waals surface area contributed by atoms with Crippen molar-refractivity contribution in [3.05, 3.63) is 92.5 Å². The molecular formula is C32H28Cl2FN3O4S. The number of aromatic carboxylic acids is 1. The van der Waals surface area contributed by atoms with Gasteiger partial charge in [0.05, 0.1) is 11.1 Å². The lowest BCUT2D eigenvalue weighted by molar-refractivity contribution is -0.122. The molecule has 222 valence electrons. The standard InChI is InChI=1S/C32H28Cl2FN3O4S/c1-31(2,3)14-24-32(19-9-7-16(33)13-21(19)37-30(32)42)25(18-5-4-6-20(34)26(18)35)27(38-24)28(39)36-17-8-10-22-15(11-17)12-23(43-22)29(40)41/h4-13,24-25,27,38H,14H2,1-3H3,(H,36,39)(H,37,42)(H,40,41)/t24-,25+,27+,32?/m0/s1. The third kappa shape index (κ3) is 4.98. The zero-order chi connectivity index (χ0) is 30.8. The number of anilines is 2. The number of hydrogen-bond donors (Lipinski definition) is 4. The van der Waals surface area contributed by atoms with Gasteiger partial charge in [0, 0.05) is 33.1 Å². The molecule has 4 aromatic rings. The Bertz CT molecular complexity index is 1820. The van der Waals surface area contributed by atoms with Crippen LogP contribution >= 0.6 is 34.5 Å². The van der Waals surface area contributed by atoms with E-state index in [2.05, 4.69) is 16.0 Å². The Morgan fingerprint density at radius 1 is 1.09 bits per heavy atom. The predicted octanol–water partition coefficient (Wildman–Crippen LogP) is 7.43. The lowest BCUT2D eigenvalue weighted by Crippen LogP contribution is -2.49. The van der Waals surface area contributed by atoms with Crippen LogP contribution in [0.15, 0.2) is 60.7 Å². The molecule has 3 heterocycles. The highest BCUT2D eigenvalue weighted by atomic mass is 35.5. The number of benzene rings is 3. The molecule has 2 amide bonds. The molecule has 6 rings (SSSR count). The number of thiophene rings is 1. The molecule has 4 N–H and O–H groups in total. The number of carboxylic acids is 1. The van der Waals surface area contributed by atoms with Crippen molar-refractivity contribution >= 4 is 73.8 Å². The molecule has 43 heavy (non-hydrogen) atoms. The molecule has 11 heteroatoms. The van der Waals surface area contributed by atoms with Crippen molar-refractivity contribution in [3.63, 3.8) is 0 Å². The second kappa shape index (κ2) is 10.6. The molecule has 1 saturated heterocycles. The first kappa shape index (κ1) is 29.6. The maximum absolute atomic E-state index is 15.9. The molecule has 4 atom stereocenters. The van der Waals surface area contributed by atoms with Gasteiger partial charge in [0.15, 0.2) is 0 Å². The van der Waals surface area contributed by atoms with Gasteiger partial charge in [0.25, 0.3) is 0 Å². The molecule has 0 bridgehead atoms. The summed E-state index contributed by atoms with van der Waals surface area (Å²) in [5, 5.41) is 19.7. The molecule has 0 saturated carbocycles. The Labute approximate surface area is 261 Å². The summed E-state index contributed by atoms with van der Waals surface area (Å²) in [6.07, 6.45) is 0.490. The number of nitrogens with one attached hydrogen (secondary N) is 3. The van der Waals surface area contributed by atoms with Gasteiger partial charge in [-0.1, -0.05) is 62.2 Å². The van der Waals surface area contributed by atoms with Crippen LogP contribution in [0.25, 0.3) is 10.1 Å². The van der Waals surface area contributed by atoms with Gasteiger partial charge in [0.2, 0.25) is 11.8 Å². The normalized spacial score (nSPS) is 23.0. The highest BCUT2D eigenvalue weighted by Crippen LogP contribution is 2.57. The fourth-order valence-corrected chi connectivity index (χ4v) is 7.83. The van der Waals surface area contributed by atoms with Crippen LogP contribution in [-0.4, -0.2) is 35.0 Å². The molecule has 7 nitrogen and oxygen atoms in total. The minimum Gasteiger partial charge on any atom is -0.477 e. The first-order chi connectivity index (χ1) is 20.3. The van der Waals surface area contributed by atoms with Gasteiger partial charge < -0.3 is 21.1 Å². The van der Waals surface area contributed by atoms with Crippen molar-refractivity contribution in [1.82, 2.24) is 5.32 Å². The number of rotatable bonds is 5. The molecule has 2 aliphatic rings. The highest BCUT2D eigenvalue weighted by Gasteiger charge is 2.66. The monoisotopic (exact) mass is 639 g/mol. The molecule has 1 fully saturated rings. The number of hydrogen-bond acceptors (Lipinski definition) is 5. The number of carbonyl (C=O) groups excluding carboxylic acids is 2. The first-order valence-corrected chi connectivity index (χ1v) is 15.3. The van der Waals surface area contributed by atoms with Gasteiger partial charge in [0.1, 0.15) is 16.1 Å². The van der Waals surface area contributed by atoms with Gasteiger partial charge in [-0.25, -0.2) is 9.18 Å². The lowest BCUT2D eigenvalue weighted by atomic mass is 9.62. The molecule has 1 spiro atoms. The van der Waals surface area contributed by atoms with Crippen molar-refractivity contribution in [3.8, 4) is 0 Å². The summed E-state index contributed by atoms with van der Waals surface area (Å²) in [6.45, 7) is 6.13. The predicted molar refractivity (Wildman–Crippen MR) is 168 cm³/mol. The van der Waals surface area contributed by atoms with Crippen molar-refractivity contribution in [2.75, 3.05) is 10.6 Å². The number of carboxylic acid groups (broad SMARTS) is 1. The fraction of sp³-hybridized carbons (Fsp3) is 0.281. The van der Waals surface area contributed by atoms with E-state index in [1.54, 1.807) is 54.6 Å². The van der Waals surface area contributed by atoms with Crippen LogP contribution in [0, 0.1) is 11.2 Å². The number of carbonyl (C=O) groups is 3. The summed E-state index contributed by atoms with van der Waals surface area (Å²) < 4.78 is 16.7. The molecule has 1 unspecified atom stereocenters. The van der Waals surface area contributed by atoms with E-state index in [0.717, 1.165) is 16.0 Å². The lowest BCUT2D eigenvalue weighted by Gasteiger charge is -2.37. The SMILES string of the molecule is CC(C)(C)C[C@@H]1N[C@@H](C(=O)Nc2ccc3sc(C(=O)O)cc3c2)[C@@H](c2cccc(Cl)c2F)C12C(=O)Nc1cc(Cl)ccc12. The topological polar surface area (TPSA) is 108 Å². The summed E-state index contributed by atoms with van der Waals surface area (Å²) in [4.78, 5) is 40.1. The Kier molecular flexibility index (Phi) is 7.28. The second-order valence-corrected chi connectivity index (χ2v) is 14.2.